The van der Waals surface area contributed by atoms with E-state index in [-0.39, 0.29) is 23.8 Å². The molecule has 130 valence electrons. The minimum Gasteiger partial charge on any atom is -0.334 e. The van der Waals surface area contributed by atoms with Crippen molar-refractivity contribution < 1.29 is 8.91 Å². The van der Waals surface area contributed by atoms with Gasteiger partial charge in [0.2, 0.25) is 0 Å². The molecule has 2 heterocycles. The maximum Gasteiger partial charge on any atom is 0.261 e. The van der Waals surface area contributed by atoms with Crippen molar-refractivity contribution in [3.8, 4) is 11.5 Å². The van der Waals surface area contributed by atoms with E-state index in [1.54, 1.807) is 44.2 Å². The van der Waals surface area contributed by atoms with Gasteiger partial charge in [-0.15, -0.1) is 0 Å². The molecular weight excluding hydrogens is 335 g/mol. The predicted molar refractivity (Wildman–Crippen MR) is 94.3 cm³/mol. The fourth-order valence-electron chi connectivity index (χ4n) is 2.77. The smallest absolute Gasteiger partial charge is 0.261 e. The molecule has 7 heteroatoms. The van der Waals surface area contributed by atoms with Gasteiger partial charge in [0.25, 0.3) is 11.4 Å². The van der Waals surface area contributed by atoms with E-state index in [1.165, 1.54) is 10.6 Å². The van der Waals surface area contributed by atoms with E-state index >= 15 is 0 Å². The van der Waals surface area contributed by atoms with Crippen LogP contribution >= 0.6 is 0 Å². The monoisotopic (exact) mass is 350 g/mol. The minimum absolute atomic E-state index is 0.125. The van der Waals surface area contributed by atoms with Crippen LogP contribution in [0.15, 0.2) is 51.8 Å². The molecule has 0 saturated carbocycles. The molecule has 4 aromatic rings. The lowest BCUT2D eigenvalue weighted by molar-refractivity contribution is 0.419. The summed E-state index contributed by atoms with van der Waals surface area (Å²) in [5.41, 5.74) is 1.52. The highest BCUT2D eigenvalue weighted by Crippen LogP contribution is 2.20. The van der Waals surface area contributed by atoms with Gasteiger partial charge in [0, 0.05) is 5.56 Å². The van der Waals surface area contributed by atoms with Crippen LogP contribution in [-0.4, -0.2) is 19.7 Å². The Morgan fingerprint density at radius 3 is 2.73 bits per heavy atom. The van der Waals surface area contributed by atoms with Crippen LogP contribution in [0.4, 0.5) is 4.39 Å². The van der Waals surface area contributed by atoms with Crippen molar-refractivity contribution in [1.29, 1.82) is 0 Å². The second-order valence-electron chi connectivity index (χ2n) is 6.05. The standard InChI is InChI=1S/C19H15FN4O2/c1-11-7-8-13(9-15(11)20)18-22-17(23-26-18)10-24-12(2)21-16-6-4-3-5-14(16)19(24)25/h3-9H,10H2,1-2H3. The van der Waals surface area contributed by atoms with Crippen molar-refractivity contribution in [2.45, 2.75) is 20.4 Å². The van der Waals surface area contributed by atoms with Gasteiger partial charge in [0.05, 0.1) is 17.4 Å². The molecule has 0 bridgehead atoms. The number of hydrogen-bond donors (Lipinski definition) is 0. The van der Waals surface area contributed by atoms with Crippen molar-refractivity contribution in [2.24, 2.45) is 0 Å². The Hall–Kier alpha value is -3.35. The zero-order valence-electron chi connectivity index (χ0n) is 14.2. The van der Waals surface area contributed by atoms with Crippen LogP contribution in [-0.2, 0) is 6.54 Å². The van der Waals surface area contributed by atoms with E-state index in [4.69, 9.17) is 4.52 Å². The van der Waals surface area contributed by atoms with Crippen molar-refractivity contribution in [3.63, 3.8) is 0 Å². The SMILES string of the molecule is Cc1ccc(-c2nc(Cn3c(C)nc4ccccc4c3=O)no2)cc1F. The van der Waals surface area contributed by atoms with E-state index in [0.29, 0.717) is 33.7 Å². The first-order valence-electron chi connectivity index (χ1n) is 8.08. The Kier molecular flexibility index (Phi) is 3.84. The van der Waals surface area contributed by atoms with Crippen LogP contribution in [0, 0.1) is 19.7 Å². The lowest BCUT2D eigenvalue weighted by atomic mass is 10.1. The Bertz CT molecular complexity index is 1180. The molecule has 0 radical (unpaired) electrons. The highest BCUT2D eigenvalue weighted by atomic mass is 19.1. The summed E-state index contributed by atoms with van der Waals surface area (Å²) >= 11 is 0. The largest absolute Gasteiger partial charge is 0.334 e. The maximum absolute atomic E-state index is 13.7. The summed E-state index contributed by atoms with van der Waals surface area (Å²) in [4.78, 5) is 21.4. The summed E-state index contributed by atoms with van der Waals surface area (Å²) in [5, 5.41) is 4.44. The van der Waals surface area contributed by atoms with Crippen LogP contribution in [0.2, 0.25) is 0 Å². The summed E-state index contributed by atoms with van der Waals surface area (Å²) < 4.78 is 20.4. The number of hydrogen-bond acceptors (Lipinski definition) is 5. The highest BCUT2D eigenvalue weighted by molar-refractivity contribution is 5.77. The fraction of sp³-hybridized carbons (Fsp3) is 0.158. The number of aryl methyl sites for hydroxylation is 2. The van der Waals surface area contributed by atoms with Crippen LogP contribution in [0.5, 0.6) is 0 Å². The third kappa shape index (κ3) is 2.77. The molecule has 0 saturated heterocycles. The molecule has 0 aliphatic heterocycles. The molecule has 0 spiro atoms. The van der Waals surface area contributed by atoms with Gasteiger partial charge in [0.15, 0.2) is 5.82 Å². The second kappa shape index (κ2) is 6.18. The van der Waals surface area contributed by atoms with Crippen LogP contribution < -0.4 is 5.56 Å². The second-order valence-corrected chi connectivity index (χ2v) is 6.05. The Labute approximate surface area is 147 Å². The van der Waals surface area contributed by atoms with Gasteiger partial charge in [-0.05, 0) is 43.7 Å². The average molecular weight is 350 g/mol. The van der Waals surface area contributed by atoms with Crippen LogP contribution in [0.1, 0.15) is 17.2 Å². The summed E-state index contributed by atoms with van der Waals surface area (Å²) in [7, 11) is 0. The first kappa shape index (κ1) is 16.1. The van der Waals surface area contributed by atoms with Crippen molar-refractivity contribution >= 4 is 10.9 Å². The summed E-state index contributed by atoms with van der Waals surface area (Å²) in [6.45, 7) is 3.56. The highest BCUT2D eigenvalue weighted by Gasteiger charge is 2.14. The van der Waals surface area contributed by atoms with Crippen molar-refractivity contribution in [3.05, 3.63) is 75.8 Å². The van der Waals surface area contributed by atoms with E-state index < -0.39 is 0 Å². The molecule has 0 aliphatic rings. The van der Waals surface area contributed by atoms with Gasteiger partial charge in [-0.1, -0.05) is 23.4 Å². The van der Waals surface area contributed by atoms with E-state index in [0.717, 1.165) is 0 Å². The number of fused-ring (bicyclic) bond motifs is 1. The average Bonchev–Trinajstić information content (AvgIpc) is 3.10. The number of aromatic nitrogens is 4. The lowest BCUT2D eigenvalue weighted by Gasteiger charge is -2.08. The van der Waals surface area contributed by atoms with E-state index in [9.17, 15) is 9.18 Å². The zero-order valence-corrected chi connectivity index (χ0v) is 14.2. The molecule has 0 fully saturated rings. The summed E-state index contributed by atoms with van der Waals surface area (Å²) in [6, 6.07) is 11.9. The summed E-state index contributed by atoms with van der Waals surface area (Å²) in [6.07, 6.45) is 0. The van der Waals surface area contributed by atoms with Crippen molar-refractivity contribution in [1.82, 2.24) is 19.7 Å². The molecule has 0 atom stereocenters. The molecule has 4 rings (SSSR count). The van der Waals surface area contributed by atoms with Gasteiger partial charge < -0.3 is 4.52 Å². The first-order chi connectivity index (χ1) is 12.5. The molecule has 0 aliphatic carbocycles. The fourth-order valence-corrected chi connectivity index (χ4v) is 2.77. The third-order valence-electron chi connectivity index (χ3n) is 4.24. The number of halogens is 1. The number of nitrogens with zero attached hydrogens (tertiary/aromatic N) is 4. The Morgan fingerprint density at radius 1 is 1.12 bits per heavy atom. The molecule has 6 nitrogen and oxygen atoms in total. The number of para-hydroxylation sites is 1. The number of benzene rings is 2. The van der Waals surface area contributed by atoms with Gasteiger partial charge in [-0.3, -0.25) is 9.36 Å². The van der Waals surface area contributed by atoms with Crippen LogP contribution in [0.25, 0.3) is 22.4 Å². The lowest BCUT2D eigenvalue weighted by Crippen LogP contribution is -2.24. The molecule has 0 unspecified atom stereocenters. The molecule has 2 aromatic carbocycles. The quantitative estimate of drug-likeness (QED) is 0.567. The Morgan fingerprint density at radius 2 is 1.92 bits per heavy atom. The first-order valence-corrected chi connectivity index (χ1v) is 8.08. The maximum atomic E-state index is 13.7. The topological polar surface area (TPSA) is 73.8 Å². The Balaban J connectivity index is 1.71. The van der Waals surface area contributed by atoms with Gasteiger partial charge in [-0.2, -0.15) is 4.98 Å². The molecule has 0 amide bonds. The van der Waals surface area contributed by atoms with E-state index in [1.807, 2.05) is 6.07 Å². The third-order valence-corrected chi connectivity index (χ3v) is 4.24. The van der Waals surface area contributed by atoms with E-state index in [2.05, 4.69) is 15.1 Å². The normalized spacial score (nSPS) is 11.2. The zero-order chi connectivity index (χ0) is 18.3. The minimum atomic E-state index is -0.340. The summed E-state index contributed by atoms with van der Waals surface area (Å²) in [5.74, 6) is 0.746. The van der Waals surface area contributed by atoms with Gasteiger partial charge in [-0.25, -0.2) is 9.37 Å². The van der Waals surface area contributed by atoms with Crippen LogP contribution in [0.3, 0.4) is 0 Å². The van der Waals surface area contributed by atoms with Crippen molar-refractivity contribution in [2.75, 3.05) is 0 Å². The molecule has 0 N–H and O–H groups in total. The number of rotatable bonds is 3. The van der Waals surface area contributed by atoms with Gasteiger partial charge >= 0.3 is 0 Å². The predicted octanol–water partition coefficient (Wildman–Crippen LogP) is 3.25. The molecular formula is C19H15FN4O2. The molecule has 26 heavy (non-hydrogen) atoms. The van der Waals surface area contributed by atoms with Gasteiger partial charge in [0.1, 0.15) is 11.6 Å². The molecule has 2 aromatic heterocycles.